The fraction of sp³-hybridized carbons (Fsp3) is 0.407. The van der Waals surface area contributed by atoms with Gasteiger partial charge in [-0.1, -0.05) is 62.4 Å². The van der Waals surface area contributed by atoms with E-state index in [1.54, 1.807) is 11.3 Å². The highest BCUT2D eigenvalue weighted by molar-refractivity contribution is 7.18. The summed E-state index contributed by atoms with van der Waals surface area (Å²) in [5.41, 5.74) is 4.58. The van der Waals surface area contributed by atoms with E-state index >= 15 is 0 Å². The van der Waals surface area contributed by atoms with Gasteiger partial charge < -0.3 is 10.1 Å². The van der Waals surface area contributed by atoms with Crippen LogP contribution in [0.25, 0.3) is 21.0 Å². The zero-order valence-electron chi connectivity index (χ0n) is 19.0. The van der Waals surface area contributed by atoms with E-state index < -0.39 is 0 Å². The number of nitrogens with one attached hydrogen (secondary N) is 1. The summed E-state index contributed by atoms with van der Waals surface area (Å²) in [5, 5.41) is 4.39. The highest BCUT2D eigenvalue weighted by atomic mass is 32.1. The van der Waals surface area contributed by atoms with E-state index in [9.17, 15) is 4.79 Å². The minimum absolute atomic E-state index is 0.150. The van der Waals surface area contributed by atoms with Gasteiger partial charge in [0.15, 0.2) is 0 Å². The number of thiazole rings is 1. The van der Waals surface area contributed by atoms with Gasteiger partial charge in [-0.2, -0.15) is 0 Å². The van der Waals surface area contributed by atoms with Crippen LogP contribution in [0.3, 0.4) is 0 Å². The standard InChI is InChI=1S/C27H32N2O2S/c1-19(2)22-9-11-23(12-10-22)25-18-29-27(32-25)24-7-5-20(6-8-24)16-26(30)31-15-13-21-4-3-14-28-17-21/h5-12,18-19,21,28H,3-4,13-17H2,1-2H3. The molecule has 2 aromatic carbocycles. The van der Waals surface area contributed by atoms with Crippen LogP contribution in [0.2, 0.25) is 0 Å². The SMILES string of the molecule is CC(C)c1ccc(-c2cnc(-c3ccc(CC(=O)OCCC4CCCNC4)cc3)s2)cc1. The molecule has 0 radical (unpaired) electrons. The van der Waals surface area contributed by atoms with Crippen LogP contribution >= 0.6 is 11.3 Å². The molecule has 0 saturated carbocycles. The predicted octanol–water partition coefficient (Wildman–Crippen LogP) is 6.08. The van der Waals surface area contributed by atoms with Crippen LogP contribution in [0, 0.1) is 5.92 Å². The average molecular weight is 449 g/mol. The monoisotopic (exact) mass is 448 g/mol. The molecule has 1 unspecified atom stereocenters. The van der Waals surface area contributed by atoms with Crippen molar-refractivity contribution in [3.8, 4) is 21.0 Å². The maximum Gasteiger partial charge on any atom is 0.310 e. The molecule has 1 saturated heterocycles. The van der Waals surface area contributed by atoms with E-state index in [0.717, 1.165) is 40.5 Å². The second-order valence-electron chi connectivity index (χ2n) is 8.90. The molecule has 5 heteroatoms. The normalized spacial score (nSPS) is 16.3. The number of piperidine rings is 1. The van der Waals surface area contributed by atoms with Crippen molar-refractivity contribution in [3.05, 3.63) is 65.9 Å². The lowest BCUT2D eigenvalue weighted by molar-refractivity contribution is -0.143. The number of nitrogens with zero attached hydrogens (tertiary/aromatic N) is 1. The van der Waals surface area contributed by atoms with Gasteiger partial charge in [0.05, 0.1) is 17.9 Å². The maximum absolute atomic E-state index is 12.2. The first-order valence-corrected chi connectivity index (χ1v) is 12.4. The Labute approximate surface area is 195 Å². The molecule has 1 atom stereocenters. The van der Waals surface area contributed by atoms with Gasteiger partial charge in [-0.25, -0.2) is 4.98 Å². The molecule has 0 spiro atoms. The Bertz CT molecular complexity index is 1000. The van der Waals surface area contributed by atoms with Crippen LogP contribution in [0.1, 0.15) is 50.2 Å². The number of hydrogen-bond donors (Lipinski definition) is 1. The Balaban J connectivity index is 1.30. The molecule has 4 nitrogen and oxygen atoms in total. The van der Waals surface area contributed by atoms with Crippen LogP contribution in [-0.2, 0) is 16.0 Å². The van der Waals surface area contributed by atoms with Gasteiger partial charge in [0.1, 0.15) is 5.01 Å². The predicted molar refractivity (Wildman–Crippen MR) is 132 cm³/mol. The lowest BCUT2D eigenvalue weighted by Crippen LogP contribution is -2.30. The van der Waals surface area contributed by atoms with Crippen molar-refractivity contribution in [2.45, 2.75) is 45.4 Å². The molecule has 2 heterocycles. The van der Waals surface area contributed by atoms with Gasteiger partial charge in [0.2, 0.25) is 0 Å². The molecule has 1 N–H and O–H groups in total. The fourth-order valence-corrected chi connectivity index (χ4v) is 4.99. The third kappa shape index (κ3) is 6.05. The van der Waals surface area contributed by atoms with Gasteiger partial charge in [0, 0.05) is 11.8 Å². The van der Waals surface area contributed by atoms with Crippen molar-refractivity contribution in [3.63, 3.8) is 0 Å². The molecule has 32 heavy (non-hydrogen) atoms. The molecule has 4 rings (SSSR count). The van der Waals surface area contributed by atoms with Gasteiger partial charge in [-0.05, 0) is 60.9 Å². The highest BCUT2D eigenvalue weighted by Crippen LogP contribution is 2.32. The number of esters is 1. The largest absolute Gasteiger partial charge is 0.465 e. The van der Waals surface area contributed by atoms with Crippen LogP contribution < -0.4 is 5.32 Å². The van der Waals surface area contributed by atoms with Crippen LogP contribution in [0.5, 0.6) is 0 Å². The van der Waals surface area contributed by atoms with E-state index in [1.165, 1.54) is 24.0 Å². The lowest BCUT2D eigenvalue weighted by Gasteiger charge is -2.22. The van der Waals surface area contributed by atoms with Crippen molar-refractivity contribution in [1.82, 2.24) is 10.3 Å². The van der Waals surface area contributed by atoms with E-state index in [2.05, 4.69) is 48.4 Å². The minimum Gasteiger partial charge on any atom is -0.465 e. The summed E-state index contributed by atoms with van der Waals surface area (Å²) in [6.07, 6.45) is 5.65. The topological polar surface area (TPSA) is 51.2 Å². The Morgan fingerprint density at radius 2 is 1.88 bits per heavy atom. The Kier molecular flexibility index (Phi) is 7.72. The van der Waals surface area contributed by atoms with E-state index in [-0.39, 0.29) is 5.97 Å². The van der Waals surface area contributed by atoms with E-state index in [1.807, 2.05) is 30.5 Å². The smallest absolute Gasteiger partial charge is 0.310 e. The van der Waals surface area contributed by atoms with Gasteiger partial charge in [-0.15, -0.1) is 11.3 Å². The second kappa shape index (κ2) is 10.9. The van der Waals surface area contributed by atoms with Gasteiger partial charge in [-0.3, -0.25) is 4.79 Å². The number of hydrogen-bond acceptors (Lipinski definition) is 5. The first-order valence-electron chi connectivity index (χ1n) is 11.6. The van der Waals surface area contributed by atoms with Crippen molar-refractivity contribution in [1.29, 1.82) is 0 Å². The minimum atomic E-state index is -0.150. The van der Waals surface area contributed by atoms with Crippen molar-refractivity contribution in [2.24, 2.45) is 5.92 Å². The third-order valence-electron chi connectivity index (χ3n) is 6.10. The average Bonchev–Trinajstić information content (AvgIpc) is 3.31. The number of ether oxygens (including phenoxy) is 1. The highest BCUT2D eigenvalue weighted by Gasteiger charge is 2.14. The quantitative estimate of drug-likeness (QED) is 0.425. The Morgan fingerprint density at radius 3 is 2.56 bits per heavy atom. The summed E-state index contributed by atoms with van der Waals surface area (Å²) in [6, 6.07) is 16.8. The second-order valence-corrected chi connectivity index (χ2v) is 9.93. The summed E-state index contributed by atoms with van der Waals surface area (Å²) in [4.78, 5) is 18.0. The van der Waals surface area contributed by atoms with Crippen molar-refractivity contribution in [2.75, 3.05) is 19.7 Å². The van der Waals surface area contributed by atoms with Gasteiger partial charge in [0.25, 0.3) is 0 Å². The molecule has 1 aromatic heterocycles. The fourth-order valence-electron chi connectivity index (χ4n) is 4.07. The summed E-state index contributed by atoms with van der Waals surface area (Å²) < 4.78 is 5.46. The van der Waals surface area contributed by atoms with E-state index in [4.69, 9.17) is 4.74 Å². The molecule has 1 aliphatic heterocycles. The summed E-state index contributed by atoms with van der Waals surface area (Å²) in [5.74, 6) is 1.01. The van der Waals surface area contributed by atoms with E-state index in [0.29, 0.717) is 24.9 Å². The summed E-state index contributed by atoms with van der Waals surface area (Å²) >= 11 is 1.69. The zero-order valence-corrected chi connectivity index (χ0v) is 19.8. The molecular formula is C27H32N2O2S. The first kappa shape index (κ1) is 22.7. The number of aromatic nitrogens is 1. The first-order chi connectivity index (χ1) is 15.6. The third-order valence-corrected chi connectivity index (χ3v) is 7.20. The van der Waals surface area contributed by atoms with Crippen molar-refractivity contribution >= 4 is 17.3 Å². The van der Waals surface area contributed by atoms with Crippen LogP contribution in [-0.4, -0.2) is 30.6 Å². The Hall–Kier alpha value is -2.50. The molecule has 1 fully saturated rings. The molecule has 168 valence electrons. The van der Waals surface area contributed by atoms with Crippen LogP contribution in [0.15, 0.2) is 54.7 Å². The number of carbonyl (C=O) groups is 1. The van der Waals surface area contributed by atoms with Crippen LogP contribution in [0.4, 0.5) is 0 Å². The molecule has 0 amide bonds. The summed E-state index contributed by atoms with van der Waals surface area (Å²) in [7, 11) is 0. The molecule has 0 aliphatic carbocycles. The molecule has 0 bridgehead atoms. The number of carbonyl (C=O) groups excluding carboxylic acids is 1. The Morgan fingerprint density at radius 1 is 1.12 bits per heavy atom. The maximum atomic E-state index is 12.2. The summed E-state index contributed by atoms with van der Waals surface area (Å²) in [6.45, 7) is 7.08. The number of benzene rings is 2. The van der Waals surface area contributed by atoms with Gasteiger partial charge >= 0.3 is 5.97 Å². The molecule has 3 aromatic rings. The van der Waals surface area contributed by atoms with Crippen molar-refractivity contribution < 1.29 is 9.53 Å². The molecular weight excluding hydrogens is 416 g/mol. The lowest BCUT2D eigenvalue weighted by atomic mass is 9.97. The number of rotatable bonds is 8. The molecule has 1 aliphatic rings. The zero-order chi connectivity index (χ0) is 22.3.